The smallest absolute Gasteiger partial charge is 0.134 e. The average molecular weight is 363 g/mol. The number of phenolic OH excluding ortho intramolecular Hbond substituents is 1. The molecule has 0 aliphatic rings. The first-order chi connectivity index (χ1) is 10.1. The molecule has 2 N–H and O–H groups in total. The summed E-state index contributed by atoms with van der Waals surface area (Å²) in [4.78, 5) is 0. The van der Waals surface area contributed by atoms with Crippen molar-refractivity contribution < 1.29 is 5.11 Å². The number of anilines is 1. The highest BCUT2D eigenvalue weighted by Gasteiger charge is 2.01. The van der Waals surface area contributed by atoms with Gasteiger partial charge in [-0.2, -0.15) is 0 Å². The van der Waals surface area contributed by atoms with Crippen molar-refractivity contribution in [2.24, 2.45) is 0 Å². The molecule has 0 saturated heterocycles. The highest BCUT2D eigenvalue weighted by molar-refractivity contribution is 9.10. The molecule has 0 amide bonds. The molecule has 0 spiro atoms. The third-order valence-electron chi connectivity index (χ3n) is 3.31. The van der Waals surface area contributed by atoms with E-state index < -0.39 is 0 Å². The van der Waals surface area contributed by atoms with Crippen molar-refractivity contribution in [2.75, 3.05) is 5.32 Å². The summed E-state index contributed by atoms with van der Waals surface area (Å²) >= 11 is 9.38. The van der Waals surface area contributed by atoms with Gasteiger partial charge in [-0.1, -0.05) is 45.7 Å². The summed E-state index contributed by atoms with van der Waals surface area (Å²) in [6, 6.07) is 17.7. The lowest BCUT2D eigenvalue weighted by Crippen LogP contribution is -1.99. The number of hydrogen-bond donors (Lipinski definition) is 2. The van der Waals surface area contributed by atoms with Crippen LogP contribution in [0.25, 0.3) is 10.8 Å². The van der Waals surface area contributed by atoms with Crippen molar-refractivity contribution in [1.29, 1.82) is 0 Å². The predicted molar refractivity (Wildman–Crippen MR) is 92.1 cm³/mol. The maximum Gasteiger partial charge on any atom is 0.134 e. The van der Waals surface area contributed by atoms with Gasteiger partial charge in [0.2, 0.25) is 0 Å². The summed E-state index contributed by atoms with van der Waals surface area (Å²) in [7, 11) is 0. The highest BCUT2D eigenvalue weighted by atomic mass is 79.9. The Morgan fingerprint density at radius 2 is 1.71 bits per heavy atom. The molecular weight excluding hydrogens is 350 g/mol. The summed E-state index contributed by atoms with van der Waals surface area (Å²) in [5.41, 5.74) is 2.07. The average Bonchev–Trinajstić information content (AvgIpc) is 2.48. The van der Waals surface area contributed by atoms with E-state index >= 15 is 0 Å². The molecule has 0 aliphatic heterocycles. The third-order valence-corrected chi connectivity index (χ3v) is 4.11. The van der Waals surface area contributed by atoms with Crippen LogP contribution in [0.1, 0.15) is 5.56 Å². The second-order valence-electron chi connectivity index (χ2n) is 4.85. The van der Waals surface area contributed by atoms with Gasteiger partial charge in [0.05, 0.1) is 5.02 Å². The molecule has 3 rings (SSSR count). The van der Waals surface area contributed by atoms with E-state index in [0.717, 1.165) is 15.7 Å². The van der Waals surface area contributed by atoms with Crippen LogP contribution in [-0.2, 0) is 6.54 Å². The van der Waals surface area contributed by atoms with Gasteiger partial charge in [-0.25, -0.2) is 0 Å². The lowest BCUT2D eigenvalue weighted by molar-refractivity contribution is 0.475. The van der Waals surface area contributed by atoms with Crippen molar-refractivity contribution in [2.45, 2.75) is 6.54 Å². The van der Waals surface area contributed by atoms with E-state index in [1.54, 1.807) is 12.1 Å². The summed E-state index contributed by atoms with van der Waals surface area (Å²) in [6.07, 6.45) is 0. The Kier molecular flexibility index (Phi) is 4.04. The van der Waals surface area contributed by atoms with Crippen LogP contribution in [0.2, 0.25) is 5.02 Å². The molecular formula is C17H13BrClNO. The quantitative estimate of drug-likeness (QED) is 0.638. The van der Waals surface area contributed by atoms with E-state index in [1.807, 2.05) is 12.1 Å². The Balaban J connectivity index is 1.78. The van der Waals surface area contributed by atoms with Crippen molar-refractivity contribution in [3.8, 4) is 5.75 Å². The topological polar surface area (TPSA) is 32.3 Å². The van der Waals surface area contributed by atoms with Gasteiger partial charge < -0.3 is 10.4 Å². The minimum atomic E-state index is 0.108. The second kappa shape index (κ2) is 5.96. The third kappa shape index (κ3) is 3.31. The highest BCUT2D eigenvalue weighted by Crippen LogP contribution is 2.25. The van der Waals surface area contributed by atoms with Crippen molar-refractivity contribution in [3.63, 3.8) is 0 Å². The molecule has 106 valence electrons. The molecule has 3 aromatic carbocycles. The number of phenols is 1. The van der Waals surface area contributed by atoms with Gasteiger partial charge in [0.1, 0.15) is 5.75 Å². The minimum absolute atomic E-state index is 0.108. The van der Waals surface area contributed by atoms with Crippen LogP contribution < -0.4 is 5.32 Å². The molecule has 0 radical (unpaired) electrons. The zero-order valence-electron chi connectivity index (χ0n) is 11.1. The molecule has 0 aliphatic carbocycles. The first-order valence-electron chi connectivity index (χ1n) is 6.52. The van der Waals surface area contributed by atoms with E-state index in [1.165, 1.54) is 10.8 Å². The first-order valence-corrected chi connectivity index (χ1v) is 7.69. The number of benzene rings is 3. The Morgan fingerprint density at radius 3 is 2.52 bits per heavy atom. The number of fused-ring (bicyclic) bond motifs is 1. The second-order valence-corrected chi connectivity index (χ2v) is 6.17. The number of halogens is 2. The predicted octanol–water partition coefficient (Wildman–Crippen LogP) is 5.57. The number of aromatic hydroxyl groups is 1. The van der Waals surface area contributed by atoms with Gasteiger partial charge in [-0.05, 0) is 52.7 Å². The van der Waals surface area contributed by atoms with Gasteiger partial charge in [0.15, 0.2) is 0 Å². The van der Waals surface area contributed by atoms with E-state index in [-0.39, 0.29) is 5.75 Å². The van der Waals surface area contributed by atoms with E-state index in [9.17, 15) is 5.11 Å². The molecule has 4 heteroatoms. The van der Waals surface area contributed by atoms with Gasteiger partial charge in [-0.3, -0.25) is 0 Å². The van der Waals surface area contributed by atoms with Gasteiger partial charge >= 0.3 is 0 Å². The molecule has 0 heterocycles. The minimum Gasteiger partial charge on any atom is -0.506 e. The Hall–Kier alpha value is -1.71. The summed E-state index contributed by atoms with van der Waals surface area (Å²) in [5, 5.41) is 15.5. The lowest BCUT2D eigenvalue weighted by Gasteiger charge is -2.09. The molecule has 0 saturated carbocycles. The van der Waals surface area contributed by atoms with Crippen molar-refractivity contribution in [1.82, 2.24) is 0 Å². The van der Waals surface area contributed by atoms with Crippen LogP contribution in [0.4, 0.5) is 5.69 Å². The zero-order chi connectivity index (χ0) is 14.8. The van der Waals surface area contributed by atoms with Crippen LogP contribution in [0.3, 0.4) is 0 Å². The molecule has 0 unspecified atom stereocenters. The molecule has 2 nitrogen and oxygen atoms in total. The van der Waals surface area contributed by atoms with Crippen LogP contribution >= 0.6 is 27.5 Å². The maximum absolute atomic E-state index is 9.41. The van der Waals surface area contributed by atoms with E-state index in [4.69, 9.17) is 11.6 Å². The fourth-order valence-corrected chi connectivity index (χ4v) is 2.77. The van der Waals surface area contributed by atoms with Crippen LogP contribution in [0, 0.1) is 0 Å². The first kappa shape index (κ1) is 14.2. The lowest BCUT2D eigenvalue weighted by atomic mass is 10.1. The molecule has 21 heavy (non-hydrogen) atoms. The number of rotatable bonds is 3. The summed E-state index contributed by atoms with van der Waals surface area (Å²) in [5.74, 6) is 0.108. The fraction of sp³-hybridized carbons (Fsp3) is 0.0588. The molecule has 0 atom stereocenters. The van der Waals surface area contributed by atoms with E-state index in [0.29, 0.717) is 11.6 Å². The van der Waals surface area contributed by atoms with Crippen molar-refractivity contribution in [3.05, 3.63) is 69.7 Å². The van der Waals surface area contributed by atoms with Crippen LogP contribution in [-0.4, -0.2) is 5.11 Å². The zero-order valence-corrected chi connectivity index (χ0v) is 13.4. The number of hydrogen-bond acceptors (Lipinski definition) is 2. The monoisotopic (exact) mass is 361 g/mol. The number of nitrogens with one attached hydrogen (secondary N) is 1. The molecule has 0 aromatic heterocycles. The van der Waals surface area contributed by atoms with Crippen LogP contribution in [0.5, 0.6) is 5.75 Å². The van der Waals surface area contributed by atoms with Gasteiger partial charge in [-0.15, -0.1) is 0 Å². The Morgan fingerprint density at radius 1 is 0.952 bits per heavy atom. The summed E-state index contributed by atoms with van der Waals surface area (Å²) in [6.45, 7) is 0.655. The normalized spacial score (nSPS) is 10.8. The Labute approximate surface area is 136 Å². The fourth-order valence-electron chi connectivity index (χ4n) is 2.19. The van der Waals surface area contributed by atoms with Crippen molar-refractivity contribution >= 4 is 44.0 Å². The maximum atomic E-state index is 9.41. The SMILES string of the molecule is Oc1ccc(CNc2ccc3cc(Br)ccc3c2)cc1Cl. The molecule has 0 fully saturated rings. The van der Waals surface area contributed by atoms with Gasteiger partial charge in [0, 0.05) is 16.7 Å². The molecule has 0 bridgehead atoms. The van der Waals surface area contributed by atoms with E-state index in [2.05, 4.69) is 51.6 Å². The Bertz CT molecular complexity index is 804. The van der Waals surface area contributed by atoms with Crippen LogP contribution in [0.15, 0.2) is 59.1 Å². The standard InChI is InChI=1S/C17H13BrClNO/c18-14-4-2-13-9-15(5-3-12(13)8-14)20-10-11-1-6-17(21)16(19)7-11/h1-9,20-21H,10H2. The van der Waals surface area contributed by atoms with Gasteiger partial charge in [0.25, 0.3) is 0 Å². The summed E-state index contributed by atoms with van der Waals surface area (Å²) < 4.78 is 1.08. The largest absolute Gasteiger partial charge is 0.506 e. The molecule has 3 aromatic rings.